The topological polar surface area (TPSA) is 95.6 Å². The smallest absolute Gasteiger partial charge is 0.292 e. The summed E-state index contributed by atoms with van der Waals surface area (Å²) in [6.07, 6.45) is 0. The molecule has 2 aromatic carbocycles. The van der Waals surface area contributed by atoms with Crippen LogP contribution in [-0.2, 0) is 6.54 Å². The first-order chi connectivity index (χ1) is 9.49. The van der Waals surface area contributed by atoms with Crippen LogP contribution >= 0.6 is 0 Å². The van der Waals surface area contributed by atoms with Crippen LogP contribution in [0.2, 0.25) is 0 Å². The standard InChI is InChI=1S/C14H14N2O4/c1-9-5-6-11(12(7-9)16(19)20)15-8-10-3-2-4-13(17)14(10)18/h2-7,15,17-18H,8H2,1H3. The molecular formula is C14H14N2O4. The van der Waals surface area contributed by atoms with E-state index in [0.29, 0.717) is 11.3 Å². The molecule has 0 saturated carbocycles. The van der Waals surface area contributed by atoms with E-state index in [4.69, 9.17) is 0 Å². The Morgan fingerprint density at radius 2 is 2.00 bits per heavy atom. The molecule has 0 heterocycles. The normalized spacial score (nSPS) is 10.2. The van der Waals surface area contributed by atoms with E-state index in [1.165, 1.54) is 12.1 Å². The molecule has 0 aliphatic rings. The van der Waals surface area contributed by atoms with Crippen molar-refractivity contribution < 1.29 is 15.1 Å². The van der Waals surface area contributed by atoms with E-state index in [-0.39, 0.29) is 23.7 Å². The van der Waals surface area contributed by atoms with Crippen molar-refractivity contribution in [3.05, 3.63) is 57.6 Å². The number of nitrogens with zero attached hydrogens (tertiary/aromatic N) is 1. The van der Waals surface area contributed by atoms with Crippen molar-refractivity contribution in [2.45, 2.75) is 13.5 Å². The van der Waals surface area contributed by atoms with Crippen LogP contribution in [0.1, 0.15) is 11.1 Å². The molecule has 0 aromatic heterocycles. The lowest BCUT2D eigenvalue weighted by atomic mass is 10.1. The largest absolute Gasteiger partial charge is 0.504 e. The molecule has 104 valence electrons. The number of hydrogen-bond donors (Lipinski definition) is 3. The van der Waals surface area contributed by atoms with Crippen LogP contribution in [-0.4, -0.2) is 15.1 Å². The van der Waals surface area contributed by atoms with Crippen molar-refractivity contribution in [1.82, 2.24) is 0 Å². The third-order valence-corrected chi connectivity index (χ3v) is 2.92. The van der Waals surface area contributed by atoms with E-state index in [0.717, 1.165) is 5.56 Å². The van der Waals surface area contributed by atoms with Crippen molar-refractivity contribution in [2.24, 2.45) is 0 Å². The Labute approximate surface area is 115 Å². The number of rotatable bonds is 4. The summed E-state index contributed by atoms with van der Waals surface area (Å²) in [5, 5.41) is 32.9. The molecule has 0 aliphatic carbocycles. The maximum atomic E-state index is 11.0. The van der Waals surface area contributed by atoms with Gasteiger partial charge in [-0.25, -0.2) is 0 Å². The highest BCUT2D eigenvalue weighted by Crippen LogP contribution is 2.30. The molecule has 0 spiro atoms. The van der Waals surface area contributed by atoms with Gasteiger partial charge in [0.15, 0.2) is 11.5 Å². The summed E-state index contributed by atoms with van der Waals surface area (Å²) < 4.78 is 0. The second-order valence-corrected chi connectivity index (χ2v) is 4.42. The number of benzene rings is 2. The second-order valence-electron chi connectivity index (χ2n) is 4.42. The van der Waals surface area contributed by atoms with Crippen molar-refractivity contribution in [1.29, 1.82) is 0 Å². The van der Waals surface area contributed by atoms with Crippen LogP contribution in [0, 0.1) is 17.0 Å². The first-order valence-electron chi connectivity index (χ1n) is 5.98. The summed E-state index contributed by atoms with van der Waals surface area (Å²) in [6, 6.07) is 9.44. The van der Waals surface area contributed by atoms with E-state index in [1.807, 2.05) is 0 Å². The molecule has 0 bridgehead atoms. The Balaban J connectivity index is 2.23. The van der Waals surface area contributed by atoms with Crippen LogP contribution in [0.5, 0.6) is 11.5 Å². The van der Waals surface area contributed by atoms with Gasteiger partial charge in [-0.05, 0) is 24.6 Å². The SMILES string of the molecule is Cc1ccc(NCc2cccc(O)c2O)c([N+](=O)[O-])c1. The van der Waals surface area contributed by atoms with Crippen LogP contribution in [0.25, 0.3) is 0 Å². The summed E-state index contributed by atoms with van der Waals surface area (Å²) in [6.45, 7) is 1.95. The quantitative estimate of drug-likeness (QED) is 0.452. The number of aromatic hydroxyl groups is 2. The van der Waals surface area contributed by atoms with Crippen LogP contribution in [0.4, 0.5) is 11.4 Å². The average Bonchev–Trinajstić information content (AvgIpc) is 2.41. The molecule has 0 amide bonds. The molecule has 6 nitrogen and oxygen atoms in total. The molecule has 2 rings (SSSR count). The fraction of sp³-hybridized carbons (Fsp3) is 0.143. The summed E-state index contributed by atoms with van der Waals surface area (Å²) in [7, 11) is 0. The number of nitro groups is 1. The van der Waals surface area contributed by atoms with Crippen LogP contribution in [0.15, 0.2) is 36.4 Å². The minimum Gasteiger partial charge on any atom is -0.504 e. The molecule has 0 aliphatic heterocycles. The van der Waals surface area contributed by atoms with Gasteiger partial charge in [0.1, 0.15) is 5.69 Å². The number of aryl methyl sites for hydroxylation is 1. The van der Waals surface area contributed by atoms with Gasteiger partial charge >= 0.3 is 0 Å². The second kappa shape index (κ2) is 5.48. The lowest BCUT2D eigenvalue weighted by molar-refractivity contribution is -0.384. The van der Waals surface area contributed by atoms with Crippen molar-refractivity contribution >= 4 is 11.4 Å². The summed E-state index contributed by atoms with van der Waals surface area (Å²) in [5.41, 5.74) is 1.59. The van der Waals surface area contributed by atoms with E-state index in [2.05, 4.69) is 5.32 Å². The molecule has 20 heavy (non-hydrogen) atoms. The van der Waals surface area contributed by atoms with E-state index < -0.39 is 4.92 Å². The van der Waals surface area contributed by atoms with Gasteiger partial charge in [0, 0.05) is 18.2 Å². The summed E-state index contributed by atoms with van der Waals surface area (Å²) >= 11 is 0. The highest BCUT2D eigenvalue weighted by Gasteiger charge is 2.14. The Morgan fingerprint density at radius 1 is 1.25 bits per heavy atom. The summed E-state index contributed by atoms with van der Waals surface area (Å²) in [4.78, 5) is 10.5. The monoisotopic (exact) mass is 274 g/mol. The van der Waals surface area contributed by atoms with Gasteiger partial charge in [0.25, 0.3) is 5.69 Å². The lowest BCUT2D eigenvalue weighted by Crippen LogP contribution is -2.03. The van der Waals surface area contributed by atoms with Crippen LogP contribution < -0.4 is 5.32 Å². The number of phenolic OH excluding ortho intramolecular Hbond substituents is 2. The molecule has 6 heteroatoms. The van der Waals surface area contributed by atoms with Crippen molar-refractivity contribution in [3.8, 4) is 11.5 Å². The molecular weight excluding hydrogens is 260 g/mol. The summed E-state index contributed by atoms with van der Waals surface area (Å²) in [5.74, 6) is -0.447. The number of nitro benzene ring substituents is 1. The van der Waals surface area contributed by atoms with E-state index in [9.17, 15) is 20.3 Å². The highest BCUT2D eigenvalue weighted by atomic mass is 16.6. The molecule has 0 fully saturated rings. The van der Waals surface area contributed by atoms with Gasteiger partial charge in [-0.1, -0.05) is 18.2 Å². The Kier molecular flexibility index (Phi) is 3.74. The van der Waals surface area contributed by atoms with E-state index in [1.54, 1.807) is 31.2 Å². The zero-order valence-corrected chi connectivity index (χ0v) is 10.8. The fourth-order valence-corrected chi connectivity index (χ4v) is 1.85. The zero-order valence-electron chi connectivity index (χ0n) is 10.8. The van der Waals surface area contributed by atoms with E-state index >= 15 is 0 Å². The van der Waals surface area contributed by atoms with Crippen molar-refractivity contribution in [2.75, 3.05) is 5.32 Å². The Bertz CT molecular complexity index is 656. The maximum Gasteiger partial charge on any atom is 0.292 e. The zero-order chi connectivity index (χ0) is 14.7. The maximum absolute atomic E-state index is 11.0. The molecule has 0 saturated heterocycles. The molecule has 0 unspecified atom stereocenters. The first-order valence-corrected chi connectivity index (χ1v) is 5.98. The van der Waals surface area contributed by atoms with Gasteiger partial charge in [-0.3, -0.25) is 10.1 Å². The minimum atomic E-state index is -0.461. The third-order valence-electron chi connectivity index (χ3n) is 2.92. The molecule has 3 N–H and O–H groups in total. The van der Waals surface area contributed by atoms with Gasteiger partial charge in [0.05, 0.1) is 4.92 Å². The molecule has 0 atom stereocenters. The molecule has 2 aromatic rings. The Morgan fingerprint density at radius 3 is 2.70 bits per heavy atom. The third kappa shape index (κ3) is 2.80. The number of anilines is 1. The predicted octanol–water partition coefficient (Wildman–Crippen LogP) is 2.93. The number of nitrogens with one attached hydrogen (secondary N) is 1. The average molecular weight is 274 g/mol. The number of phenols is 2. The van der Waals surface area contributed by atoms with Crippen LogP contribution in [0.3, 0.4) is 0 Å². The fourth-order valence-electron chi connectivity index (χ4n) is 1.85. The van der Waals surface area contributed by atoms with Crippen molar-refractivity contribution in [3.63, 3.8) is 0 Å². The van der Waals surface area contributed by atoms with Gasteiger partial charge < -0.3 is 15.5 Å². The highest BCUT2D eigenvalue weighted by molar-refractivity contribution is 5.63. The molecule has 0 radical (unpaired) electrons. The van der Waals surface area contributed by atoms with Gasteiger partial charge in [-0.15, -0.1) is 0 Å². The Hall–Kier alpha value is -2.76. The lowest BCUT2D eigenvalue weighted by Gasteiger charge is -2.09. The predicted molar refractivity (Wildman–Crippen MR) is 74.9 cm³/mol. The van der Waals surface area contributed by atoms with Gasteiger partial charge in [0.2, 0.25) is 0 Å². The van der Waals surface area contributed by atoms with Gasteiger partial charge in [-0.2, -0.15) is 0 Å². The number of para-hydroxylation sites is 1. The minimum absolute atomic E-state index is 0.0235. The number of hydrogen-bond acceptors (Lipinski definition) is 5. The first kappa shape index (κ1) is 13.7.